The van der Waals surface area contributed by atoms with E-state index in [4.69, 9.17) is 0 Å². The summed E-state index contributed by atoms with van der Waals surface area (Å²) in [6.07, 6.45) is 17.5. The van der Waals surface area contributed by atoms with Crippen LogP contribution < -0.4 is 0 Å². The number of hydrogen-bond donors (Lipinski definition) is 0. The molecule has 0 N–H and O–H groups in total. The monoisotopic (exact) mass is 300 g/mol. The highest BCUT2D eigenvalue weighted by Gasteiger charge is 2.56. The molecule has 0 aromatic rings. The van der Waals surface area contributed by atoms with Crippen molar-refractivity contribution in [1.29, 1.82) is 0 Å². The molecule has 0 aromatic carbocycles. The van der Waals surface area contributed by atoms with Crippen LogP contribution in [0.1, 0.15) is 78.1 Å². The van der Waals surface area contributed by atoms with Crippen molar-refractivity contribution in [3.63, 3.8) is 0 Å². The lowest BCUT2D eigenvalue weighted by molar-refractivity contribution is -0.105. The van der Waals surface area contributed by atoms with Crippen molar-refractivity contribution in [2.45, 2.75) is 78.1 Å². The Morgan fingerprint density at radius 1 is 1.00 bits per heavy atom. The molecule has 0 radical (unpaired) electrons. The zero-order chi connectivity index (χ0) is 15.4. The van der Waals surface area contributed by atoms with E-state index in [1.165, 1.54) is 57.8 Å². The summed E-state index contributed by atoms with van der Waals surface area (Å²) in [5, 5.41) is 0. The molecular formula is C21H32O. The Balaban J connectivity index is 1.64. The lowest BCUT2D eigenvalue weighted by Gasteiger charge is -2.58. The molecule has 6 atom stereocenters. The van der Waals surface area contributed by atoms with Crippen molar-refractivity contribution >= 4 is 6.29 Å². The van der Waals surface area contributed by atoms with Crippen LogP contribution in [0.15, 0.2) is 11.6 Å². The van der Waals surface area contributed by atoms with Crippen LogP contribution in [0, 0.1) is 34.5 Å². The largest absolute Gasteiger partial charge is 0.298 e. The van der Waals surface area contributed by atoms with Crippen LogP contribution >= 0.6 is 0 Å². The topological polar surface area (TPSA) is 17.1 Å². The number of carbonyl (C=O) groups excluding carboxylic acids is 1. The second-order valence-electron chi connectivity index (χ2n) is 9.34. The Morgan fingerprint density at radius 3 is 2.68 bits per heavy atom. The van der Waals surface area contributed by atoms with Gasteiger partial charge in [0, 0.05) is 0 Å². The Morgan fingerprint density at radius 2 is 1.86 bits per heavy atom. The summed E-state index contributed by atoms with van der Waals surface area (Å²) < 4.78 is 0. The summed E-state index contributed by atoms with van der Waals surface area (Å²) in [6.45, 7) is 5.08. The van der Waals surface area contributed by atoms with Gasteiger partial charge in [-0.1, -0.05) is 39.2 Å². The van der Waals surface area contributed by atoms with Gasteiger partial charge in [0.15, 0.2) is 0 Å². The van der Waals surface area contributed by atoms with Crippen LogP contribution in [0.2, 0.25) is 0 Å². The van der Waals surface area contributed by atoms with E-state index < -0.39 is 0 Å². The molecule has 0 heterocycles. The molecule has 4 aliphatic carbocycles. The van der Waals surface area contributed by atoms with Gasteiger partial charge in [-0.2, -0.15) is 0 Å². The fourth-order valence-electron chi connectivity index (χ4n) is 7.20. The first-order chi connectivity index (χ1) is 10.6. The number of allylic oxidation sites excluding steroid dienone is 2. The van der Waals surface area contributed by atoms with Crippen molar-refractivity contribution in [3.05, 3.63) is 11.6 Å². The number of carbonyl (C=O) groups is 1. The number of aldehydes is 1. The van der Waals surface area contributed by atoms with Gasteiger partial charge < -0.3 is 0 Å². The maximum Gasteiger partial charge on any atom is 0.145 e. The van der Waals surface area contributed by atoms with E-state index in [0.717, 1.165) is 42.0 Å². The van der Waals surface area contributed by atoms with E-state index in [1.807, 2.05) is 0 Å². The highest BCUT2D eigenvalue weighted by molar-refractivity contribution is 5.74. The Bertz CT molecular complexity index is 492. The van der Waals surface area contributed by atoms with Crippen LogP contribution in [0.3, 0.4) is 0 Å². The van der Waals surface area contributed by atoms with Crippen LogP contribution in [0.25, 0.3) is 0 Å². The minimum absolute atomic E-state index is 0.325. The van der Waals surface area contributed by atoms with Gasteiger partial charge in [0.1, 0.15) is 6.29 Å². The van der Waals surface area contributed by atoms with Crippen molar-refractivity contribution in [2.75, 3.05) is 0 Å². The first-order valence-electron chi connectivity index (χ1n) is 9.74. The Hall–Kier alpha value is -0.590. The van der Waals surface area contributed by atoms with Gasteiger partial charge in [0.05, 0.1) is 0 Å². The zero-order valence-corrected chi connectivity index (χ0v) is 14.4. The van der Waals surface area contributed by atoms with Crippen molar-refractivity contribution in [2.24, 2.45) is 34.5 Å². The van der Waals surface area contributed by atoms with E-state index in [-0.39, 0.29) is 0 Å². The molecule has 0 aliphatic heterocycles. The Kier molecular flexibility index (Phi) is 3.55. The third kappa shape index (κ3) is 2.07. The van der Waals surface area contributed by atoms with Gasteiger partial charge in [-0.05, 0) is 85.0 Å². The molecule has 122 valence electrons. The molecule has 0 amide bonds. The SMILES string of the molecule is CC12C=C(C=O)CC1C1CCC3CCCCCC3(C)C1CC2. The van der Waals surface area contributed by atoms with Gasteiger partial charge in [0.2, 0.25) is 0 Å². The Labute approximate surface area is 135 Å². The van der Waals surface area contributed by atoms with Crippen LogP contribution in [-0.4, -0.2) is 6.29 Å². The minimum atomic E-state index is 0.325. The molecule has 6 unspecified atom stereocenters. The van der Waals surface area contributed by atoms with E-state index in [2.05, 4.69) is 19.9 Å². The number of fused-ring (bicyclic) bond motifs is 5. The first-order valence-corrected chi connectivity index (χ1v) is 9.74. The molecule has 0 saturated heterocycles. The number of hydrogen-bond acceptors (Lipinski definition) is 1. The smallest absolute Gasteiger partial charge is 0.145 e. The van der Waals surface area contributed by atoms with Crippen molar-refractivity contribution in [1.82, 2.24) is 0 Å². The van der Waals surface area contributed by atoms with Crippen LogP contribution in [0.5, 0.6) is 0 Å². The average Bonchev–Trinajstić information content (AvgIpc) is 2.73. The molecule has 0 spiro atoms. The molecule has 1 nitrogen and oxygen atoms in total. The molecule has 1 heteroatoms. The molecule has 4 aliphatic rings. The summed E-state index contributed by atoms with van der Waals surface area (Å²) in [5.74, 6) is 3.56. The number of rotatable bonds is 1. The molecule has 3 fully saturated rings. The summed E-state index contributed by atoms with van der Waals surface area (Å²) in [7, 11) is 0. The highest BCUT2D eigenvalue weighted by atomic mass is 16.1. The maximum absolute atomic E-state index is 11.3. The van der Waals surface area contributed by atoms with Gasteiger partial charge in [0.25, 0.3) is 0 Å². The van der Waals surface area contributed by atoms with E-state index in [9.17, 15) is 4.79 Å². The average molecular weight is 300 g/mol. The van der Waals surface area contributed by atoms with Gasteiger partial charge in [-0.25, -0.2) is 0 Å². The fraction of sp³-hybridized carbons (Fsp3) is 0.857. The molecular weight excluding hydrogens is 268 g/mol. The normalized spacial score (nSPS) is 51.1. The van der Waals surface area contributed by atoms with Gasteiger partial charge >= 0.3 is 0 Å². The van der Waals surface area contributed by atoms with Crippen molar-refractivity contribution in [3.8, 4) is 0 Å². The molecule has 0 aromatic heterocycles. The molecule has 22 heavy (non-hydrogen) atoms. The molecule has 4 rings (SSSR count). The third-order valence-corrected chi connectivity index (χ3v) is 8.39. The summed E-state index contributed by atoms with van der Waals surface area (Å²) in [4.78, 5) is 11.3. The first kappa shape index (κ1) is 15.0. The summed E-state index contributed by atoms with van der Waals surface area (Å²) in [6, 6.07) is 0. The predicted molar refractivity (Wildman–Crippen MR) is 90.5 cm³/mol. The molecule has 3 saturated carbocycles. The zero-order valence-electron chi connectivity index (χ0n) is 14.4. The lowest BCUT2D eigenvalue weighted by atomic mass is 9.47. The van der Waals surface area contributed by atoms with E-state index in [1.54, 1.807) is 0 Å². The minimum Gasteiger partial charge on any atom is -0.298 e. The van der Waals surface area contributed by atoms with E-state index >= 15 is 0 Å². The van der Waals surface area contributed by atoms with E-state index in [0.29, 0.717) is 10.8 Å². The van der Waals surface area contributed by atoms with Crippen LogP contribution in [0.4, 0.5) is 0 Å². The third-order valence-electron chi connectivity index (χ3n) is 8.39. The summed E-state index contributed by atoms with van der Waals surface area (Å²) in [5.41, 5.74) is 2.03. The summed E-state index contributed by atoms with van der Waals surface area (Å²) >= 11 is 0. The highest BCUT2D eigenvalue weighted by Crippen LogP contribution is 2.65. The van der Waals surface area contributed by atoms with Gasteiger partial charge in [-0.15, -0.1) is 0 Å². The second-order valence-corrected chi connectivity index (χ2v) is 9.34. The quantitative estimate of drug-likeness (QED) is 0.581. The molecule has 0 bridgehead atoms. The standard InChI is InChI=1S/C21H32O/c1-20-11-9-18-17(19(20)12-15(13-20)14-22)8-7-16-6-4-3-5-10-21(16,18)2/h13-14,16-19H,3-12H2,1-2H3. The fourth-order valence-corrected chi connectivity index (χ4v) is 7.20. The van der Waals surface area contributed by atoms with Crippen LogP contribution in [-0.2, 0) is 4.79 Å². The maximum atomic E-state index is 11.3. The van der Waals surface area contributed by atoms with Crippen molar-refractivity contribution < 1.29 is 4.79 Å². The second kappa shape index (κ2) is 5.21. The predicted octanol–water partition coefficient (Wildman–Crippen LogP) is 5.54. The lowest BCUT2D eigenvalue weighted by Crippen LogP contribution is -2.50. The van der Waals surface area contributed by atoms with Gasteiger partial charge in [-0.3, -0.25) is 4.79 Å².